The second kappa shape index (κ2) is 5.77. The zero-order valence-electron chi connectivity index (χ0n) is 11.6. The van der Waals surface area contributed by atoms with E-state index in [1.807, 2.05) is 41.9 Å². The third-order valence-electron chi connectivity index (χ3n) is 3.30. The molecular formula is C15H13Br2N3O. The molecule has 0 bridgehead atoms. The number of halogens is 2. The summed E-state index contributed by atoms with van der Waals surface area (Å²) in [5, 5.41) is 4.59. The maximum Gasteiger partial charge on any atom is 0.121 e. The number of nitrogens with zero attached hydrogens (tertiary/aromatic N) is 3. The summed E-state index contributed by atoms with van der Waals surface area (Å²) in [5.74, 6) is 0.855. The highest BCUT2D eigenvalue weighted by atomic mass is 79.9. The molecule has 0 radical (unpaired) electrons. The number of aryl methyl sites for hydroxylation is 1. The van der Waals surface area contributed by atoms with E-state index in [9.17, 15) is 0 Å². The van der Waals surface area contributed by atoms with Gasteiger partial charge in [-0.25, -0.2) is 4.98 Å². The molecule has 0 aliphatic carbocycles. The quantitative estimate of drug-likeness (QED) is 0.603. The van der Waals surface area contributed by atoms with Gasteiger partial charge >= 0.3 is 0 Å². The van der Waals surface area contributed by atoms with Gasteiger partial charge in [0.1, 0.15) is 15.9 Å². The van der Waals surface area contributed by atoms with Gasteiger partial charge in [0.2, 0.25) is 0 Å². The highest BCUT2D eigenvalue weighted by molar-refractivity contribution is 9.13. The Hall–Kier alpha value is -1.40. The molecule has 2 heterocycles. The monoisotopic (exact) mass is 409 g/mol. The number of aromatic nitrogens is 3. The second-order valence-electron chi connectivity index (χ2n) is 4.72. The Balaban J connectivity index is 2.01. The van der Waals surface area contributed by atoms with E-state index in [0.29, 0.717) is 6.54 Å². The summed E-state index contributed by atoms with van der Waals surface area (Å²) in [6.45, 7) is 2.67. The minimum absolute atomic E-state index is 0.698. The molecule has 0 amide bonds. The zero-order valence-corrected chi connectivity index (χ0v) is 14.8. The number of pyridine rings is 1. The Bertz CT molecular complexity index is 797. The van der Waals surface area contributed by atoms with E-state index < -0.39 is 0 Å². The number of hydrogen-bond acceptors (Lipinski definition) is 3. The summed E-state index contributed by atoms with van der Waals surface area (Å²) in [7, 11) is 1.67. The number of hydrogen-bond donors (Lipinski definition) is 0. The van der Waals surface area contributed by atoms with Gasteiger partial charge in [-0.2, -0.15) is 5.10 Å². The Morgan fingerprint density at radius 2 is 1.90 bits per heavy atom. The largest absolute Gasteiger partial charge is 0.497 e. The molecule has 3 rings (SSSR count). The van der Waals surface area contributed by atoms with Gasteiger partial charge in [-0.3, -0.25) is 4.68 Å². The molecule has 0 aliphatic heterocycles. The fraction of sp³-hybridized carbons (Fsp3) is 0.200. The predicted octanol–water partition coefficient (Wildman–Crippen LogP) is 4.32. The minimum Gasteiger partial charge on any atom is -0.497 e. The van der Waals surface area contributed by atoms with Crippen LogP contribution in [-0.4, -0.2) is 21.9 Å². The molecule has 6 heteroatoms. The van der Waals surface area contributed by atoms with Gasteiger partial charge in [0.05, 0.1) is 29.3 Å². The standard InChI is InChI=1S/C15H13Br2N3O/c1-9-14-13(7-12(16)15(17)18-14)20(19-9)8-10-3-5-11(21-2)6-4-10/h3-7H,8H2,1-2H3. The summed E-state index contributed by atoms with van der Waals surface area (Å²) in [6, 6.07) is 10.0. The topological polar surface area (TPSA) is 39.9 Å². The predicted molar refractivity (Wildman–Crippen MR) is 89.8 cm³/mol. The van der Waals surface area contributed by atoms with E-state index >= 15 is 0 Å². The van der Waals surface area contributed by atoms with Crippen molar-refractivity contribution in [1.29, 1.82) is 0 Å². The fourth-order valence-corrected chi connectivity index (χ4v) is 2.82. The van der Waals surface area contributed by atoms with Crippen molar-refractivity contribution in [1.82, 2.24) is 14.8 Å². The van der Waals surface area contributed by atoms with Gasteiger partial charge in [-0.1, -0.05) is 12.1 Å². The van der Waals surface area contributed by atoms with Crippen molar-refractivity contribution in [2.45, 2.75) is 13.5 Å². The minimum atomic E-state index is 0.698. The van der Waals surface area contributed by atoms with Crippen LogP contribution in [-0.2, 0) is 6.54 Å². The molecule has 1 aromatic carbocycles. The summed E-state index contributed by atoms with van der Waals surface area (Å²) in [5.41, 5.74) is 4.02. The van der Waals surface area contributed by atoms with Gasteiger partial charge < -0.3 is 4.74 Å². The van der Waals surface area contributed by atoms with Crippen molar-refractivity contribution in [2.24, 2.45) is 0 Å². The van der Waals surface area contributed by atoms with Crippen molar-refractivity contribution in [3.05, 3.63) is 50.7 Å². The van der Waals surface area contributed by atoms with Crippen LogP contribution in [0.2, 0.25) is 0 Å². The molecule has 0 atom stereocenters. The lowest BCUT2D eigenvalue weighted by molar-refractivity contribution is 0.414. The third kappa shape index (κ3) is 2.82. The van der Waals surface area contributed by atoms with Crippen LogP contribution < -0.4 is 4.74 Å². The van der Waals surface area contributed by atoms with Crippen LogP contribution in [0, 0.1) is 6.92 Å². The van der Waals surface area contributed by atoms with Gasteiger partial charge in [-0.05, 0) is 62.5 Å². The first-order valence-electron chi connectivity index (χ1n) is 6.40. The lowest BCUT2D eigenvalue weighted by atomic mass is 10.2. The Kier molecular flexibility index (Phi) is 3.99. The lowest BCUT2D eigenvalue weighted by Gasteiger charge is -2.06. The SMILES string of the molecule is COc1ccc(Cn2nc(C)c3nc(Br)c(Br)cc32)cc1. The molecule has 0 N–H and O–H groups in total. The van der Waals surface area contributed by atoms with Crippen LogP contribution >= 0.6 is 31.9 Å². The summed E-state index contributed by atoms with van der Waals surface area (Å²) >= 11 is 6.93. The van der Waals surface area contributed by atoms with Gasteiger partial charge in [-0.15, -0.1) is 0 Å². The molecule has 21 heavy (non-hydrogen) atoms. The summed E-state index contributed by atoms with van der Waals surface area (Å²) in [4.78, 5) is 4.53. The van der Waals surface area contributed by atoms with Crippen LogP contribution in [0.5, 0.6) is 5.75 Å². The Morgan fingerprint density at radius 3 is 2.57 bits per heavy atom. The number of benzene rings is 1. The highest BCUT2D eigenvalue weighted by Gasteiger charge is 2.12. The molecule has 0 saturated carbocycles. The molecule has 0 aliphatic rings. The fourth-order valence-electron chi connectivity index (χ4n) is 2.23. The maximum atomic E-state index is 5.18. The molecular weight excluding hydrogens is 398 g/mol. The average Bonchev–Trinajstić information content (AvgIpc) is 2.77. The van der Waals surface area contributed by atoms with Gasteiger partial charge in [0.25, 0.3) is 0 Å². The van der Waals surface area contributed by atoms with E-state index in [1.54, 1.807) is 7.11 Å². The molecule has 0 fully saturated rings. The average molecular weight is 411 g/mol. The van der Waals surface area contributed by atoms with E-state index in [1.165, 1.54) is 5.56 Å². The summed E-state index contributed by atoms with van der Waals surface area (Å²) in [6.07, 6.45) is 0. The molecule has 108 valence electrons. The van der Waals surface area contributed by atoms with Crippen LogP contribution in [0.1, 0.15) is 11.3 Å². The zero-order chi connectivity index (χ0) is 15.0. The maximum absolute atomic E-state index is 5.18. The van der Waals surface area contributed by atoms with E-state index in [2.05, 4.69) is 41.9 Å². The molecule has 0 saturated heterocycles. The number of methoxy groups -OCH3 is 1. The van der Waals surface area contributed by atoms with Crippen molar-refractivity contribution < 1.29 is 4.74 Å². The molecule has 4 nitrogen and oxygen atoms in total. The molecule has 0 spiro atoms. The highest BCUT2D eigenvalue weighted by Crippen LogP contribution is 2.27. The van der Waals surface area contributed by atoms with Gasteiger partial charge in [0, 0.05) is 0 Å². The van der Waals surface area contributed by atoms with Gasteiger partial charge in [0.15, 0.2) is 0 Å². The first kappa shape index (κ1) is 14.5. The molecule has 2 aromatic heterocycles. The van der Waals surface area contributed by atoms with Crippen molar-refractivity contribution in [2.75, 3.05) is 7.11 Å². The van der Waals surface area contributed by atoms with E-state index in [-0.39, 0.29) is 0 Å². The summed E-state index contributed by atoms with van der Waals surface area (Å²) < 4.78 is 8.86. The van der Waals surface area contributed by atoms with Crippen molar-refractivity contribution in [3.8, 4) is 5.75 Å². The van der Waals surface area contributed by atoms with Crippen LogP contribution in [0.25, 0.3) is 11.0 Å². The number of ether oxygens (including phenoxy) is 1. The first-order chi connectivity index (χ1) is 10.1. The van der Waals surface area contributed by atoms with Crippen molar-refractivity contribution >= 4 is 42.9 Å². The van der Waals surface area contributed by atoms with Crippen LogP contribution in [0.3, 0.4) is 0 Å². The second-order valence-corrected chi connectivity index (χ2v) is 6.33. The first-order valence-corrected chi connectivity index (χ1v) is 7.99. The normalized spacial score (nSPS) is 11.0. The van der Waals surface area contributed by atoms with Crippen molar-refractivity contribution in [3.63, 3.8) is 0 Å². The Labute approximate surface area is 139 Å². The smallest absolute Gasteiger partial charge is 0.121 e. The molecule has 0 unspecified atom stereocenters. The third-order valence-corrected chi connectivity index (χ3v) is 5.04. The van der Waals surface area contributed by atoms with E-state index in [4.69, 9.17) is 4.74 Å². The van der Waals surface area contributed by atoms with Crippen LogP contribution in [0.15, 0.2) is 39.4 Å². The van der Waals surface area contributed by atoms with Crippen LogP contribution in [0.4, 0.5) is 0 Å². The number of rotatable bonds is 3. The lowest BCUT2D eigenvalue weighted by Crippen LogP contribution is -2.02. The van der Waals surface area contributed by atoms with E-state index in [0.717, 1.165) is 31.6 Å². The molecule has 3 aromatic rings. The number of fused-ring (bicyclic) bond motifs is 1. The Morgan fingerprint density at radius 1 is 1.19 bits per heavy atom.